The number of likely N-dealkylation sites (tertiary alicyclic amines) is 1. The van der Waals surface area contributed by atoms with E-state index in [2.05, 4.69) is 43.0 Å². The maximum Gasteiger partial charge on any atom is 0.324 e. The van der Waals surface area contributed by atoms with Gasteiger partial charge in [0.2, 0.25) is 0 Å². The number of aliphatic carboxylic acids is 1. The molecule has 3 heteroatoms. The lowest BCUT2D eigenvalue weighted by molar-refractivity contribution is -0.157. The topological polar surface area (TPSA) is 40.5 Å². The molecule has 2 rings (SSSR count). The first kappa shape index (κ1) is 18.0. The van der Waals surface area contributed by atoms with Gasteiger partial charge in [0, 0.05) is 0 Å². The molecule has 1 heterocycles. The number of carboxylic acid groups (broad SMARTS) is 1. The molecule has 0 amide bonds. The predicted octanol–water partition coefficient (Wildman–Crippen LogP) is 4.36. The van der Waals surface area contributed by atoms with Crippen LogP contribution in [0.25, 0.3) is 0 Å². The van der Waals surface area contributed by atoms with Crippen molar-refractivity contribution in [3.05, 3.63) is 35.9 Å². The van der Waals surface area contributed by atoms with Crippen molar-refractivity contribution in [1.29, 1.82) is 0 Å². The summed E-state index contributed by atoms with van der Waals surface area (Å²) in [7, 11) is 0. The molecular weight excluding hydrogens is 286 g/mol. The number of carbonyl (C=O) groups is 1. The average Bonchev–Trinajstić information content (AvgIpc) is 2.86. The van der Waals surface area contributed by atoms with E-state index in [9.17, 15) is 9.90 Å². The Morgan fingerprint density at radius 2 is 1.87 bits per heavy atom. The molecule has 0 saturated carbocycles. The monoisotopic (exact) mass is 317 g/mol. The normalized spacial score (nSPS) is 28.1. The molecule has 1 aliphatic rings. The van der Waals surface area contributed by atoms with E-state index in [1.54, 1.807) is 0 Å². The zero-order chi connectivity index (χ0) is 16.9. The summed E-state index contributed by atoms with van der Waals surface area (Å²) in [6.45, 7) is 8.13. The van der Waals surface area contributed by atoms with Crippen LogP contribution < -0.4 is 0 Å². The van der Waals surface area contributed by atoms with Crippen LogP contribution in [0.1, 0.15) is 58.4 Å². The van der Waals surface area contributed by atoms with Crippen molar-refractivity contribution in [2.45, 2.75) is 64.8 Å². The van der Waals surface area contributed by atoms with Crippen molar-refractivity contribution in [2.24, 2.45) is 5.41 Å². The van der Waals surface area contributed by atoms with E-state index in [0.717, 1.165) is 45.2 Å². The Morgan fingerprint density at radius 3 is 2.43 bits per heavy atom. The van der Waals surface area contributed by atoms with Gasteiger partial charge in [-0.15, -0.1) is 0 Å². The molecule has 1 N–H and O–H groups in total. The number of unbranched alkanes of at least 4 members (excludes halogenated alkanes) is 1. The summed E-state index contributed by atoms with van der Waals surface area (Å²) < 4.78 is 0. The van der Waals surface area contributed by atoms with Gasteiger partial charge in [-0.05, 0) is 62.6 Å². The third-order valence-corrected chi connectivity index (χ3v) is 6.10. The molecule has 1 saturated heterocycles. The van der Waals surface area contributed by atoms with Crippen LogP contribution in [0, 0.1) is 5.41 Å². The number of aryl methyl sites for hydroxylation is 1. The minimum atomic E-state index is -0.686. The molecule has 2 atom stereocenters. The minimum Gasteiger partial charge on any atom is -0.480 e. The molecule has 0 spiro atoms. The first-order valence-corrected chi connectivity index (χ1v) is 9.02. The van der Waals surface area contributed by atoms with Gasteiger partial charge in [0.15, 0.2) is 0 Å². The maximum absolute atomic E-state index is 12.2. The van der Waals surface area contributed by atoms with Crippen molar-refractivity contribution >= 4 is 5.97 Å². The average molecular weight is 317 g/mol. The summed E-state index contributed by atoms with van der Waals surface area (Å²) in [5, 5.41) is 9.99. The molecule has 3 nitrogen and oxygen atoms in total. The molecular formula is C20H31NO2. The highest BCUT2D eigenvalue weighted by molar-refractivity contribution is 5.80. The van der Waals surface area contributed by atoms with Gasteiger partial charge in [-0.25, -0.2) is 0 Å². The third kappa shape index (κ3) is 3.30. The van der Waals surface area contributed by atoms with Gasteiger partial charge < -0.3 is 5.11 Å². The van der Waals surface area contributed by atoms with Gasteiger partial charge in [0.05, 0.1) is 0 Å². The number of hydrogen-bond acceptors (Lipinski definition) is 2. The lowest BCUT2D eigenvalue weighted by Gasteiger charge is -2.44. The molecule has 0 aliphatic carbocycles. The lowest BCUT2D eigenvalue weighted by Crippen LogP contribution is -2.58. The fraction of sp³-hybridized carbons (Fsp3) is 0.650. The SMILES string of the molecule is CCC1(C)CCN(CCCCc2ccccc2)C1(CC)C(=O)O. The van der Waals surface area contributed by atoms with Crippen molar-refractivity contribution in [3.63, 3.8) is 0 Å². The molecule has 23 heavy (non-hydrogen) atoms. The first-order valence-electron chi connectivity index (χ1n) is 9.02. The fourth-order valence-corrected chi connectivity index (χ4v) is 4.40. The highest BCUT2D eigenvalue weighted by Gasteiger charge is 2.59. The van der Waals surface area contributed by atoms with E-state index in [1.807, 2.05) is 13.0 Å². The molecule has 1 aromatic rings. The van der Waals surface area contributed by atoms with Crippen LogP contribution in [0.15, 0.2) is 30.3 Å². The number of carboxylic acids is 1. The summed E-state index contributed by atoms with van der Waals surface area (Å²) in [5.41, 5.74) is 0.564. The van der Waals surface area contributed by atoms with Gasteiger partial charge in [-0.3, -0.25) is 9.69 Å². The van der Waals surface area contributed by atoms with Crippen molar-refractivity contribution < 1.29 is 9.90 Å². The van der Waals surface area contributed by atoms with Gasteiger partial charge in [-0.2, -0.15) is 0 Å². The largest absolute Gasteiger partial charge is 0.480 e. The number of nitrogens with zero attached hydrogens (tertiary/aromatic N) is 1. The molecule has 0 radical (unpaired) electrons. The molecule has 128 valence electrons. The van der Waals surface area contributed by atoms with Crippen LogP contribution in [0.4, 0.5) is 0 Å². The van der Waals surface area contributed by atoms with E-state index < -0.39 is 11.5 Å². The third-order valence-electron chi connectivity index (χ3n) is 6.10. The van der Waals surface area contributed by atoms with Crippen LogP contribution in [-0.2, 0) is 11.2 Å². The zero-order valence-corrected chi connectivity index (χ0v) is 14.8. The number of rotatable bonds is 8. The van der Waals surface area contributed by atoms with Gasteiger partial charge in [-0.1, -0.05) is 51.1 Å². The summed E-state index contributed by atoms with van der Waals surface area (Å²) >= 11 is 0. The Bertz CT molecular complexity index is 516. The Balaban J connectivity index is 1.97. The van der Waals surface area contributed by atoms with E-state index in [-0.39, 0.29) is 5.41 Å². The quantitative estimate of drug-likeness (QED) is 0.724. The Labute approximate surface area is 140 Å². The van der Waals surface area contributed by atoms with Crippen LogP contribution in [0.5, 0.6) is 0 Å². The number of benzene rings is 1. The standard InChI is InChI=1S/C20H31NO2/c1-4-19(3)14-16-21(20(19,5-2)18(22)23)15-10-9-13-17-11-7-6-8-12-17/h6-8,11-12H,4-5,9-10,13-16H2,1-3H3,(H,22,23). The smallest absolute Gasteiger partial charge is 0.324 e. The lowest BCUT2D eigenvalue weighted by atomic mass is 9.68. The first-order chi connectivity index (χ1) is 11.0. The van der Waals surface area contributed by atoms with Gasteiger partial charge in [0.25, 0.3) is 0 Å². The highest BCUT2D eigenvalue weighted by Crippen LogP contribution is 2.50. The van der Waals surface area contributed by atoms with E-state index in [4.69, 9.17) is 0 Å². The van der Waals surface area contributed by atoms with E-state index >= 15 is 0 Å². The van der Waals surface area contributed by atoms with Crippen LogP contribution in [0.2, 0.25) is 0 Å². The second kappa shape index (κ2) is 7.48. The second-order valence-corrected chi connectivity index (χ2v) is 7.11. The molecule has 0 bridgehead atoms. The maximum atomic E-state index is 12.2. The number of hydrogen-bond donors (Lipinski definition) is 1. The van der Waals surface area contributed by atoms with Crippen molar-refractivity contribution in [1.82, 2.24) is 4.90 Å². The Kier molecular flexibility index (Phi) is 5.85. The molecule has 0 aromatic heterocycles. The highest BCUT2D eigenvalue weighted by atomic mass is 16.4. The summed E-state index contributed by atoms with van der Waals surface area (Å²) in [6, 6.07) is 10.5. The fourth-order valence-electron chi connectivity index (χ4n) is 4.40. The van der Waals surface area contributed by atoms with Crippen LogP contribution in [-0.4, -0.2) is 34.6 Å². The van der Waals surface area contributed by atoms with Crippen LogP contribution in [0.3, 0.4) is 0 Å². The van der Waals surface area contributed by atoms with Gasteiger partial charge in [0.1, 0.15) is 5.54 Å². The predicted molar refractivity (Wildman–Crippen MR) is 94.6 cm³/mol. The van der Waals surface area contributed by atoms with Gasteiger partial charge >= 0.3 is 5.97 Å². The Hall–Kier alpha value is -1.35. The van der Waals surface area contributed by atoms with E-state index in [0.29, 0.717) is 6.42 Å². The van der Waals surface area contributed by atoms with Crippen LogP contribution >= 0.6 is 0 Å². The molecule has 1 aliphatic heterocycles. The minimum absolute atomic E-state index is 0.118. The second-order valence-electron chi connectivity index (χ2n) is 7.11. The summed E-state index contributed by atoms with van der Waals surface area (Å²) in [5.74, 6) is -0.634. The zero-order valence-electron chi connectivity index (χ0n) is 14.8. The summed E-state index contributed by atoms with van der Waals surface area (Å²) in [4.78, 5) is 14.4. The van der Waals surface area contributed by atoms with Crippen molar-refractivity contribution in [2.75, 3.05) is 13.1 Å². The molecule has 1 fully saturated rings. The molecule has 1 aromatic carbocycles. The van der Waals surface area contributed by atoms with Crippen molar-refractivity contribution in [3.8, 4) is 0 Å². The van der Waals surface area contributed by atoms with E-state index in [1.165, 1.54) is 5.56 Å². The molecule has 2 unspecified atom stereocenters. The Morgan fingerprint density at radius 1 is 1.17 bits per heavy atom. The summed E-state index contributed by atoms with van der Waals surface area (Å²) in [6.07, 6.45) is 5.85.